The minimum absolute atomic E-state index is 0.724. The van der Waals surface area contributed by atoms with Crippen molar-refractivity contribution < 1.29 is 0 Å². The molecule has 0 aliphatic carbocycles. The van der Waals surface area contributed by atoms with E-state index in [1.807, 2.05) is 99.4 Å². The van der Waals surface area contributed by atoms with Crippen LogP contribution in [0.5, 0.6) is 0 Å². The Bertz CT molecular complexity index is 3240. The maximum atomic E-state index is 6.09. The predicted octanol–water partition coefficient (Wildman–Crippen LogP) is 13.9. The van der Waals surface area contributed by atoms with E-state index in [4.69, 9.17) is 31.4 Å². The van der Waals surface area contributed by atoms with Gasteiger partial charge in [0.05, 0.1) is 62.3 Å². The maximum Gasteiger partial charge on any atom is 0.124 e. The summed E-state index contributed by atoms with van der Waals surface area (Å²) >= 11 is 9.74. The van der Waals surface area contributed by atoms with Gasteiger partial charge in [0.1, 0.15) is 20.0 Å². The number of nitrogen functional groups attached to an aromatic ring is 2. The number of rotatable bonds is 8. The van der Waals surface area contributed by atoms with Crippen LogP contribution in [0.4, 0.5) is 22.7 Å². The number of anilines is 2. The van der Waals surface area contributed by atoms with Gasteiger partial charge in [0.2, 0.25) is 0 Å². The second-order valence-corrected chi connectivity index (χ2v) is 19.8. The molecule has 16 heteroatoms. The van der Waals surface area contributed by atoms with Crippen LogP contribution in [0.3, 0.4) is 0 Å². The zero-order valence-corrected chi connectivity index (χ0v) is 38.5. The molecule has 0 unspecified atom stereocenters. The first-order chi connectivity index (χ1) is 30.2. The second kappa shape index (κ2) is 16.8. The molecule has 10 aromatic rings. The Morgan fingerprint density at radius 3 is 1.08 bits per heavy atom. The summed E-state index contributed by atoms with van der Waals surface area (Å²) in [5, 5.41) is 14.9. The molecule has 6 aromatic carbocycles. The van der Waals surface area contributed by atoms with Crippen LogP contribution in [-0.4, -0.2) is 56.6 Å². The average Bonchev–Trinajstić information content (AvgIpc) is 4.10. The third-order valence-electron chi connectivity index (χ3n) is 9.99. The van der Waals surface area contributed by atoms with Crippen LogP contribution in [0, 0.1) is 0 Å². The molecule has 0 aliphatic rings. The predicted molar refractivity (Wildman–Crippen MR) is 272 cm³/mol. The molecule has 0 fully saturated rings. The summed E-state index contributed by atoms with van der Waals surface area (Å²) in [6, 6.07) is 36.6. The highest BCUT2D eigenvalue weighted by atomic mass is 32.2. The van der Waals surface area contributed by atoms with Crippen LogP contribution in [0.1, 0.15) is 11.1 Å². The molecule has 0 atom stereocenters. The summed E-state index contributed by atoms with van der Waals surface area (Å²) in [6.07, 6.45) is 4.08. The van der Waals surface area contributed by atoms with E-state index in [9.17, 15) is 0 Å². The van der Waals surface area contributed by atoms with E-state index in [0.717, 1.165) is 127 Å². The van der Waals surface area contributed by atoms with Gasteiger partial charge in [-0.05, 0) is 122 Å². The van der Waals surface area contributed by atoms with Crippen molar-refractivity contribution in [1.29, 1.82) is 0 Å². The topological polar surface area (TPSA) is 153 Å². The molecule has 0 saturated heterocycles. The minimum atomic E-state index is 0.724. The van der Waals surface area contributed by atoms with Gasteiger partial charge in [-0.2, -0.15) is 10.2 Å². The highest BCUT2D eigenvalue weighted by Gasteiger charge is 2.17. The lowest BCUT2D eigenvalue weighted by molar-refractivity contribution is 1.24. The van der Waals surface area contributed by atoms with Gasteiger partial charge >= 0.3 is 0 Å². The molecule has 10 rings (SSSR count). The SMILES string of the molecule is CN=C(SC)c1cc(-c2nc3ccc(N)cc3s2)cc(-c2nc3ccc(N=Nc4ccc5nc(-c6cc(C(=NC)SC)cc(-c7nc8ccc(N)cc8s7)c6)sc5c4)cc3s2)c1. The fourth-order valence-corrected chi connectivity index (χ4v) is 12.2. The first-order valence-electron chi connectivity index (χ1n) is 19.1. The zero-order valence-electron chi connectivity index (χ0n) is 33.6. The summed E-state index contributed by atoms with van der Waals surface area (Å²) in [5.74, 6) is 0. The van der Waals surface area contributed by atoms with Gasteiger partial charge in [-0.15, -0.1) is 68.9 Å². The second-order valence-electron chi connectivity index (χ2n) is 14.1. The monoisotopic (exact) mass is 918 g/mol. The summed E-state index contributed by atoms with van der Waals surface area (Å²) < 4.78 is 4.14. The Hall–Kier alpha value is -5.88. The Labute approximate surface area is 380 Å². The molecule has 304 valence electrons. The van der Waals surface area contributed by atoms with E-state index >= 15 is 0 Å². The standard InChI is InChI=1S/C46H34N10S6/c1-49-41(57-3)23-13-25(43-51-33-9-5-29(47)19-37(33)59-43)17-27(15-23)45-53-35-11-7-31(21-39(35)61-45)55-56-32-8-12-36-40(22-32)62-46(54-36)28-16-24(42(50-2)58-4)14-26(18-28)44-52-34-10-6-30(48)20-38(34)60-44/h5-22H,47-48H2,1-4H3. The van der Waals surface area contributed by atoms with Crippen molar-refractivity contribution in [2.24, 2.45) is 20.2 Å². The molecule has 62 heavy (non-hydrogen) atoms. The molecule has 4 N–H and O–H groups in total. The third kappa shape index (κ3) is 7.89. The van der Waals surface area contributed by atoms with Gasteiger partial charge in [0.25, 0.3) is 0 Å². The number of thioether (sulfide) groups is 2. The number of thiazole rings is 4. The van der Waals surface area contributed by atoms with Crippen molar-refractivity contribution in [1.82, 2.24) is 19.9 Å². The van der Waals surface area contributed by atoms with E-state index in [0.29, 0.717) is 0 Å². The van der Waals surface area contributed by atoms with Crippen LogP contribution in [0.15, 0.2) is 129 Å². The molecule has 10 nitrogen and oxygen atoms in total. The quantitative estimate of drug-likeness (QED) is 0.0661. The van der Waals surface area contributed by atoms with Gasteiger partial charge < -0.3 is 11.5 Å². The van der Waals surface area contributed by atoms with Crippen LogP contribution in [0.25, 0.3) is 83.2 Å². The van der Waals surface area contributed by atoms with Crippen LogP contribution in [-0.2, 0) is 0 Å². The highest BCUT2D eigenvalue weighted by molar-refractivity contribution is 8.14. The molecule has 0 radical (unpaired) electrons. The lowest BCUT2D eigenvalue weighted by Gasteiger charge is -2.08. The number of aliphatic imine (C=N–C) groups is 2. The Morgan fingerprint density at radius 2 is 0.758 bits per heavy atom. The highest BCUT2D eigenvalue weighted by Crippen LogP contribution is 2.40. The van der Waals surface area contributed by atoms with Crippen molar-refractivity contribution in [3.8, 4) is 42.3 Å². The number of aromatic nitrogens is 4. The molecule has 4 heterocycles. The van der Waals surface area contributed by atoms with E-state index in [-0.39, 0.29) is 0 Å². The van der Waals surface area contributed by atoms with E-state index in [1.165, 1.54) is 0 Å². The number of nitrogens with two attached hydrogens (primary N) is 2. The maximum absolute atomic E-state index is 6.09. The van der Waals surface area contributed by atoms with E-state index < -0.39 is 0 Å². The van der Waals surface area contributed by atoms with Crippen LogP contribution < -0.4 is 11.5 Å². The molecule has 0 bridgehead atoms. The van der Waals surface area contributed by atoms with Gasteiger partial charge in [-0.25, -0.2) is 19.9 Å². The summed E-state index contributed by atoms with van der Waals surface area (Å²) in [6.45, 7) is 0. The fourth-order valence-electron chi connectivity index (χ4n) is 7.12. The number of fused-ring (bicyclic) bond motifs is 4. The Balaban J connectivity index is 0.945. The lowest BCUT2D eigenvalue weighted by Crippen LogP contribution is -1.96. The third-order valence-corrected chi connectivity index (χ3v) is 15.9. The summed E-state index contributed by atoms with van der Waals surface area (Å²) in [5.41, 5.74) is 24.8. The molecule has 0 amide bonds. The molecule has 0 saturated carbocycles. The van der Waals surface area contributed by atoms with Gasteiger partial charge in [-0.1, -0.05) is 0 Å². The molecule has 4 aromatic heterocycles. The van der Waals surface area contributed by atoms with E-state index in [1.54, 1.807) is 68.9 Å². The molecular weight excluding hydrogens is 885 g/mol. The molecule has 0 aliphatic heterocycles. The van der Waals surface area contributed by atoms with Gasteiger partial charge in [-0.3, -0.25) is 9.98 Å². The van der Waals surface area contributed by atoms with Crippen LogP contribution >= 0.6 is 68.9 Å². The molecular formula is C46H34N10S6. The number of hydrogen-bond acceptors (Lipinski definition) is 16. The number of azo groups is 1. The number of nitrogens with zero attached hydrogens (tertiary/aromatic N) is 8. The normalized spacial score (nSPS) is 12.6. The van der Waals surface area contributed by atoms with Crippen molar-refractivity contribution in [3.63, 3.8) is 0 Å². The van der Waals surface area contributed by atoms with Crippen molar-refractivity contribution in [2.45, 2.75) is 0 Å². The minimum Gasteiger partial charge on any atom is -0.399 e. The first-order valence-corrected chi connectivity index (χ1v) is 24.8. The van der Waals surface area contributed by atoms with Crippen LogP contribution in [0.2, 0.25) is 0 Å². The fraction of sp³-hybridized carbons (Fsp3) is 0.0870. The molecule has 0 spiro atoms. The number of hydrogen-bond donors (Lipinski definition) is 2. The van der Waals surface area contributed by atoms with Crippen molar-refractivity contribution in [3.05, 3.63) is 120 Å². The van der Waals surface area contributed by atoms with E-state index in [2.05, 4.69) is 56.6 Å². The first kappa shape index (κ1) is 40.2. The summed E-state index contributed by atoms with van der Waals surface area (Å²) in [4.78, 5) is 29.1. The smallest absolute Gasteiger partial charge is 0.124 e. The van der Waals surface area contributed by atoms with Crippen molar-refractivity contribution >= 4 is 143 Å². The van der Waals surface area contributed by atoms with Gasteiger partial charge in [0.15, 0.2) is 0 Å². The summed E-state index contributed by atoms with van der Waals surface area (Å²) in [7, 11) is 3.64. The largest absolute Gasteiger partial charge is 0.399 e. The zero-order chi connectivity index (χ0) is 42.5. The number of benzene rings is 6. The Kier molecular flexibility index (Phi) is 10.9. The van der Waals surface area contributed by atoms with Crippen molar-refractivity contribution in [2.75, 3.05) is 38.1 Å². The lowest BCUT2D eigenvalue weighted by atomic mass is 10.1. The Morgan fingerprint density at radius 1 is 0.435 bits per heavy atom. The van der Waals surface area contributed by atoms with Gasteiger partial charge in [0, 0.05) is 58.9 Å². The average molecular weight is 919 g/mol.